The molecular formula is C8H11BrClNS. The fraction of sp³-hybridized carbons (Fsp3) is 0.500. The highest BCUT2D eigenvalue weighted by Gasteiger charge is 2.00. The highest BCUT2D eigenvalue weighted by atomic mass is 79.9. The van der Waals surface area contributed by atoms with Crippen LogP contribution >= 0.6 is 38.9 Å². The van der Waals surface area contributed by atoms with Crippen molar-refractivity contribution in [3.05, 3.63) is 21.3 Å². The molecule has 1 atom stereocenters. The van der Waals surface area contributed by atoms with E-state index in [0.717, 1.165) is 16.2 Å². The van der Waals surface area contributed by atoms with Crippen molar-refractivity contribution >= 4 is 38.9 Å². The molecule has 1 unspecified atom stereocenters. The molecule has 0 radical (unpaired) electrons. The van der Waals surface area contributed by atoms with E-state index < -0.39 is 0 Å². The summed E-state index contributed by atoms with van der Waals surface area (Å²) >= 11 is 10.8. The Hall–Kier alpha value is 0.430. The number of rotatable bonds is 4. The molecular weight excluding hydrogens is 258 g/mol. The minimum atomic E-state index is 0.505. The number of nitrogens with one attached hydrogen (secondary N) is 1. The van der Waals surface area contributed by atoms with Gasteiger partial charge in [0.15, 0.2) is 0 Å². The molecule has 12 heavy (non-hydrogen) atoms. The SMILES string of the molecule is CC(CBr)NCc1ccc(Cl)s1. The van der Waals surface area contributed by atoms with Crippen LogP contribution in [0.5, 0.6) is 0 Å². The van der Waals surface area contributed by atoms with Crippen molar-refractivity contribution in [3.63, 3.8) is 0 Å². The van der Waals surface area contributed by atoms with Gasteiger partial charge >= 0.3 is 0 Å². The Balaban J connectivity index is 2.33. The van der Waals surface area contributed by atoms with Crippen LogP contribution in [0.2, 0.25) is 4.34 Å². The van der Waals surface area contributed by atoms with Crippen LogP contribution in [-0.4, -0.2) is 11.4 Å². The Bertz CT molecular complexity index is 239. The molecule has 0 aliphatic heterocycles. The molecule has 1 nitrogen and oxygen atoms in total. The lowest BCUT2D eigenvalue weighted by atomic mass is 10.4. The predicted octanol–water partition coefficient (Wildman–Crippen LogP) is 3.27. The van der Waals surface area contributed by atoms with Crippen molar-refractivity contribution in [2.75, 3.05) is 5.33 Å². The molecule has 1 heterocycles. The number of alkyl halides is 1. The molecule has 1 rings (SSSR count). The number of thiophene rings is 1. The summed E-state index contributed by atoms with van der Waals surface area (Å²) < 4.78 is 0.860. The molecule has 0 saturated heterocycles. The van der Waals surface area contributed by atoms with E-state index in [1.807, 2.05) is 6.07 Å². The maximum atomic E-state index is 5.79. The fourth-order valence-electron chi connectivity index (χ4n) is 0.776. The highest BCUT2D eigenvalue weighted by molar-refractivity contribution is 9.09. The van der Waals surface area contributed by atoms with E-state index in [0.29, 0.717) is 6.04 Å². The van der Waals surface area contributed by atoms with Crippen molar-refractivity contribution in [2.24, 2.45) is 0 Å². The minimum Gasteiger partial charge on any atom is -0.309 e. The van der Waals surface area contributed by atoms with Gasteiger partial charge in [-0.1, -0.05) is 27.5 Å². The molecule has 1 aromatic heterocycles. The zero-order valence-corrected chi connectivity index (χ0v) is 9.97. The van der Waals surface area contributed by atoms with E-state index in [1.165, 1.54) is 4.88 Å². The summed E-state index contributed by atoms with van der Waals surface area (Å²) in [5, 5.41) is 4.35. The van der Waals surface area contributed by atoms with Crippen LogP contribution in [0, 0.1) is 0 Å². The fourth-order valence-corrected chi connectivity index (χ4v) is 2.04. The number of halogens is 2. The summed E-state index contributed by atoms with van der Waals surface area (Å²) in [6.07, 6.45) is 0. The first-order chi connectivity index (χ1) is 5.72. The Labute approximate surface area is 90.3 Å². The van der Waals surface area contributed by atoms with Gasteiger partial charge in [0.2, 0.25) is 0 Å². The second-order valence-electron chi connectivity index (χ2n) is 2.64. The number of hydrogen-bond acceptors (Lipinski definition) is 2. The molecule has 1 aromatic rings. The van der Waals surface area contributed by atoms with Crippen LogP contribution in [-0.2, 0) is 6.54 Å². The van der Waals surface area contributed by atoms with E-state index in [-0.39, 0.29) is 0 Å². The average molecular weight is 269 g/mol. The van der Waals surface area contributed by atoms with Gasteiger partial charge in [-0.2, -0.15) is 0 Å². The summed E-state index contributed by atoms with van der Waals surface area (Å²) in [7, 11) is 0. The molecule has 68 valence electrons. The quantitative estimate of drug-likeness (QED) is 0.827. The highest BCUT2D eigenvalue weighted by Crippen LogP contribution is 2.21. The van der Waals surface area contributed by atoms with Crippen LogP contribution in [0.3, 0.4) is 0 Å². The molecule has 0 bridgehead atoms. The second-order valence-corrected chi connectivity index (χ2v) is 5.09. The first kappa shape index (κ1) is 10.5. The molecule has 4 heteroatoms. The second kappa shape index (κ2) is 5.22. The lowest BCUT2D eigenvalue weighted by molar-refractivity contribution is 0.603. The Morgan fingerprint density at radius 1 is 1.67 bits per heavy atom. The molecule has 0 aromatic carbocycles. The van der Waals surface area contributed by atoms with E-state index >= 15 is 0 Å². The van der Waals surface area contributed by atoms with Crippen LogP contribution < -0.4 is 5.32 Å². The van der Waals surface area contributed by atoms with E-state index in [4.69, 9.17) is 11.6 Å². The van der Waals surface area contributed by atoms with Crippen molar-refractivity contribution in [3.8, 4) is 0 Å². The van der Waals surface area contributed by atoms with Gasteiger partial charge in [0.1, 0.15) is 0 Å². The largest absolute Gasteiger partial charge is 0.309 e. The third kappa shape index (κ3) is 3.44. The van der Waals surface area contributed by atoms with Gasteiger partial charge in [0, 0.05) is 22.8 Å². The summed E-state index contributed by atoms with van der Waals surface area (Å²) in [5.74, 6) is 0. The maximum absolute atomic E-state index is 5.79. The van der Waals surface area contributed by atoms with Gasteiger partial charge in [-0.15, -0.1) is 11.3 Å². The Kier molecular flexibility index (Phi) is 4.57. The zero-order valence-electron chi connectivity index (χ0n) is 6.81. The van der Waals surface area contributed by atoms with Crippen LogP contribution in [0.15, 0.2) is 12.1 Å². The maximum Gasteiger partial charge on any atom is 0.0931 e. The summed E-state index contributed by atoms with van der Waals surface area (Å²) in [4.78, 5) is 1.28. The summed E-state index contributed by atoms with van der Waals surface area (Å²) in [6.45, 7) is 3.05. The zero-order chi connectivity index (χ0) is 8.97. The van der Waals surface area contributed by atoms with Crippen molar-refractivity contribution in [1.82, 2.24) is 5.32 Å². The van der Waals surface area contributed by atoms with Crippen molar-refractivity contribution in [2.45, 2.75) is 19.5 Å². The summed E-state index contributed by atoms with van der Waals surface area (Å²) in [6, 6.07) is 4.49. The van der Waals surface area contributed by atoms with Crippen LogP contribution in [0.25, 0.3) is 0 Å². The van der Waals surface area contributed by atoms with Gasteiger partial charge in [-0.25, -0.2) is 0 Å². The average Bonchev–Trinajstić information content (AvgIpc) is 2.47. The minimum absolute atomic E-state index is 0.505. The number of hydrogen-bond donors (Lipinski definition) is 1. The molecule has 0 saturated carbocycles. The van der Waals surface area contributed by atoms with Gasteiger partial charge in [0.25, 0.3) is 0 Å². The predicted molar refractivity (Wildman–Crippen MR) is 59.4 cm³/mol. The van der Waals surface area contributed by atoms with Gasteiger partial charge in [0.05, 0.1) is 4.34 Å². The standard InChI is InChI=1S/C8H11BrClNS/c1-6(4-9)11-5-7-2-3-8(10)12-7/h2-3,6,11H,4-5H2,1H3. The Morgan fingerprint density at radius 3 is 2.92 bits per heavy atom. The van der Waals surface area contributed by atoms with Crippen molar-refractivity contribution in [1.29, 1.82) is 0 Å². The van der Waals surface area contributed by atoms with Gasteiger partial charge < -0.3 is 5.32 Å². The first-order valence-corrected chi connectivity index (χ1v) is 6.07. The smallest absolute Gasteiger partial charge is 0.0931 e. The van der Waals surface area contributed by atoms with E-state index in [2.05, 4.69) is 34.2 Å². The normalized spacial score (nSPS) is 13.2. The topological polar surface area (TPSA) is 12.0 Å². The first-order valence-electron chi connectivity index (χ1n) is 3.76. The van der Waals surface area contributed by atoms with Crippen LogP contribution in [0.4, 0.5) is 0 Å². The molecule has 0 aliphatic carbocycles. The lowest BCUT2D eigenvalue weighted by Gasteiger charge is -2.08. The van der Waals surface area contributed by atoms with Crippen molar-refractivity contribution < 1.29 is 0 Å². The molecule has 0 amide bonds. The third-order valence-corrected chi connectivity index (χ3v) is 3.69. The van der Waals surface area contributed by atoms with Gasteiger partial charge in [-0.3, -0.25) is 0 Å². The molecule has 0 spiro atoms. The van der Waals surface area contributed by atoms with Gasteiger partial charge in [-0.05, 0) is 19.1 Å². The monoisotopic (exact) mass is 267 g/mol. The molecule has 1 N–H and O–H groups in total. The molecule has 0 aliphatic rings. The van der Waals surface area contributed by atoms with E-state index in [1.54, 1.807) is 11.3 Å². The third-order valence-electron chi connectivity index (χ3n) is 1.49. The van der Waals surface area contributed by atoms with E-state index in [9.17, 15) is 0 Å². The lowest BCUT2D eigenvalue weighted by Crippen LogP contribution is -2.26. The van der Waals surface area contributed by atoms with Crippen LogP contribution in [0.1, 0.15) is 11.8 Å². The molecule has 0 fully saturated rings. The summed E-state index contributed by atoms with van der Waals surface area (Å²) in [5.41, 5.74) is 0. The Morgan fingerprint density at radius 2 is 2.42 bits per heavy atom.